The van der Waals surface area contributed by atoms with Gasteiger partial charge < -0.3 is 9.64 Å². The van der Waals surface area contributed by atoms with Crippen LogP contribution in [0.2, 0.25) is 0 Å². The SMILES string of the molecule is COc1ccc2nc(N(CCN(C)C)C(=O)c3cccc(F)c3)sc2c1. The smallest absolute Gasteiger partial charge is 0.260 e. The number of hydrogen-bond donors (Lipinski definition) is 0. The first-order valence-corrected chi connectivity index (χ1v) is 8.96. The van der Waals surface area contributed by atoms with Crippen LogP contribution >= 0.6 is 11.3 Å². The molecule has 1 aromatic heterocycles. The number of thiazole rings is 1. The first-order chi connectivity index (χ1) is 12.5. The normalized spacial score (nSPS) is 11.1. The molecule has 5 nitrogen and oxygen atoms in total. The number of methoxy groups -OCH3 is 1. The number of carbonyl (C=O) groups excluding carboxylic acids is 1. The highest BCUT2D eigenvalue weighted by Crippen LogP contribution is 2.32. The van der Waals surface area contributed by atoms with E-state index in [4.69, 9.17) is 4.74 Å². The fraction of sp³-hybridized carbons (Fsp3) is 0.263. The number of likely N-dealkylation sites (N-methyl/N-ethyl adjacent to an activating group) is 1. The third kappa shape index (κ3) is 4.00. The Morgan fingerprint density at radius 3 is 2.69 bits per heavy atom. The zero-order chi connectivity index (χ0) is 18.7. The molecule has 3 aromatic rings. The van der Waals surface area contributed by atoms with Crippen LogP contribution in [0.15, 0.2) is 42.5 Å². The van der Waals surface area contributed by atoms with Crippen molar-refractivity contribution in [2.45, 2.75) is 0 Å². The van der Waals surface area contributed by atoms with Crippen molar-refractivity contribution in [1.29, 1.82) is 0 Å². The summed E-state index contributed by atoms with van der Waals surface area (Å²) in [6.45, 7) is 1.12. The van der Waals surface area contributed by atoms with Crippen LogP contribution in [0.1, 0.15) is 10.4 Å². The van der Waals surface area contributed by atoms with E-state index >= 15 is 0 Å². The molecule has 0 spiro atoms. The quantitative estimate of drug-likeness (QED) is 0.662. The van der Waals surface area contributed by atoms with Crippen molar-refractivity contribution in [2.75, 3.05) is 39.2 Å². The molecule has 136 valence electrons. The van der Waals surface area contributed by atoms with Crippen LogP contribution < -0.4 is 9.64 Å². The van der Waals surface area contributed by atoms with Gasteiger partial charge in [0.2, 0.25) is 0 Å². The van der Waals surface area contributed by atoms with Crippen molar-refractivity contribution >= 4 is 32.6 Å². The molecule has 26 heavy (non-hydrogen) atoms. The van der Waals surface area contributed by atoms with Crippen molar-refractivity contribution in [2.24, 2.45) is 0 Å². The summed E-state index contributed by atoms with van der Waals surface area (Å²) in [4.78, 5) is 21.2. The van der Waals surface area contributed by atoms with Gasteiger partial charge in [0, 0.05) is 18.7 Å². The summed E-state index contributed by atoms with van der Waals surface area (Å²) >= 11 is 1.42. The molecule has 0 saturated heterocycles. The number of halogens is 1. The lowest BCUT2D eigenvalue weighted by atomic mass is 10.2. The summed E-state index contributed by atoms with van der Waals surface area (Å²) in [7, 11) is 5.49. The average Bonchev–Trinajstić information content (AvgIpc) is 3.04. The molecule has 2 aromatic carbocycles. The summed E-state index contributed by atoms with van der Waals surface area (Å²) in [6, 6.07) is 11.3. The Balaban J connectivity index is 1.98. The van der Waals surface area contributed by atoms with Gasteiger partial charge >= 0.3 is 0 Å². The number of amides is 1. The van der Waals surface area contributed by atoms with Crippen LogP contribution in [0.5, 0.6) is 5.75 Å². The monoisotopic (exact) mass is 373 g/mol. The van der Waals surface area contributed by atoms with Gasteiger partial charge in [-0.25, -0.2) is 9.37 Å². The highest BCUT2D eigenvalue weighted by Gasteiger charge is 2.22. The molecule has 1 heterocycles. The first kappa shape index (κ1) is 18.3. The van der Waals surface area contributed by atoms with Gasteiger partial charge in [0.1, 0.15) is 11.6 Å². The molecule has 0 saturated carbocycles. The van der Waals surface area contributed by atoms with E-state index in [0.29, 0.717) is 23.8 Å². The third-order valence-electron chi connectivity index (χ3n) is 3.90. The van der Waals surface area contributed by atoms with Crippen LogP contribution in [0, 0.1) is 5.82 Å². The van der Waals surface area contributed by atoms with Crippen LogP contribution in [0.4, 0.5) is 9.52 Å². The predicted octanol–water partition coefficient (Wildman–Crippen LogP) is 3.65. The number of carbonyl (C=O) groups is 1. The molecule has 0 radical (unpaired) electrons. The fourth-order valence-electron chi connectivity index (χ4n) is 2.50. The Bertz CT molecular complexity index is 926. The maximum atomic E-state index is 13.6. The number of anilines is 1. The number of benzene rings is 2. The number of rotatable bonds is 6. The van der Waals surface area contributed by atoms with E-state index in [1.807, 2.05) is 37.2 Å². The van der Waals surface area contributed by atoms with E-state index < -0.39 is 5.82 Å². The lowest BCUT2D eigenvalue weighted by molar-refractivity contribution is 0.0985. The highest BCUT2D eigenvalue weighted by atomic mass is 32.1. The second kappa shape index (κ2) is 7.80. The van der Waals surface area contributed by atoms with Gasteiger partial charge in [0.05, 0.1) is 17.3 Å². The van der Waals surface area contributed by atoms with E-state index in [-0.39, 0.29) is 5.91 Å². The van der Waals surface area contributed by atoms with E-state index in [9.17, 15) is 9.18 Å². The molecular weight excluding hydrogens is 353 g/mol. The fourth-order valence-corrected chi connectivity index (χ4v) is 3.52. The van der Waals surface area contributed by atoms with E-state index in [2.05, 4.69) is 4.98 Å². The molecule has 0 N–H and O–H groups in total. The van der Waals surface area contributed by atoms with Gasteiger partial charge in [-0.3, -0.25) is 9.69 Å². The largest absolute Gasteiger partial charge is 0.497 e. The van der Waals surface area contributed by atoms with Gasteiger partial charge in [-0.15, -0.1) is 0 Å². The van der Waals surface area contributed by atoms with Gasteiger partial charge in [0.25, 0.3) is 5.91 Å². The Labute approximate surface area is 155 Å². The van der Waals surface area contributed by atoms with Crippen LogP contribution in [-0.4, -0.2) is 50.1 Å². The molecule has 0 aliphatic rings. The number of nitrogens with zero attached hydrogens (tertiary/aromatic N) is 3. The Morgan fingerprint density at radius 1 is 1.19 bits per heavy atom. The number of aromatic nitrogens is 1. The van der Waals surface area contributed by atoms with Gasteiger partial charge in [0.15, 0.2) is 5.13 Å². The molecule has 0 atom stereocenters. The van der Waals surface area contributed by atoms with E-state index in [1.54, 1.807) is 18.1 Å². The minimum absolute atomic E-state index is 0.266. The molecule has 0 fully saturated rings. The molecule has 0 aliphatic carbocycles. The predicted molar refractivity (Wildman–Crippen MR) is 103 cm³/mol. The zero-order valence-corrected chi connectivity index (χ0v) is 15.7. The molecule has 0 unspecified atom stereocenters. The third-order valence-corrected chi connectivity index (χ3v) is 4.94. The summed E-state index contributed by atoms with van der Waals surface area (Å²) < 4.78 is 19.7. The molecule has 0 aliphatic heterocycles. The maximum absolute atomic E-state index is 13.6. The minimum Gasteiger partial charge on any atom is -0.497 e. The van der Waals surface area contributed by atoms with Gasteiger partial charge in [-0.05, 0) is 50.5 Å². The van der Waals surface area contributed by atoms with Gasteiger partial charge in [-0.2, -0.15) is 0 Å². The van der Waals surface area contributed by atoms with Gasteiger partial charge in [-0.1, -0.05) is 17.4 Å². The van der Waals surface area contributed by atoms with Crippen molar-refractivity contribution in [3.8, 4) is 5.75 Å². The van der Waals surface area contributed by atoms with Crippen LogP contribution in [0.25, 0.3) is 10.2 Å². The first-order valence-electron chi connectivity index (χ1n) is 8.14. The van der Waals surface area contributed by atoms with Crippen molar-refractivity contribution < 1.29 is 13.9 Å². The van der Waals surface area contributed by atoms with E-state index in [1.165, 1.54) is 29.5 Å². The average molecular weight is 373 g/mol. The summed E-state index contributed by atoms with van der Waals surface area (Å²) in [5, 5.41) is 0.587. The number of ether oxygens (including phenoxy) is 1. The highest BCUT2D eigenvalue weighted by molar-refractivity contribution is 7.22. The topological polar surface area (TPSA) is 45.7 Å². The zero-order valence-electron chi connectivity index (χ0n) is 14.9. The Kier molecular flexibility index (Phi) is 5.49. The molecule has 3 rings (SSSR count). The summed E-state index contributed by atoms with van der Waals surface area (Å²) in [5.74, 6) is 0.0406. The summed E-state index contributed by atoms with van der Waals surface area (Å²) in [6.07, 6.45) is 0. The second-order valence-electron chi connectivity index (χ2n) is 6.10. The molecule has 0 bridgehead atoms. The number of hydrogen-bond acceptors (Lipinski definition) is 5. The number of fused-ring (bicyclic) bond motifs is 1. The minimum atomic E-state index is -0.433. The van der Waals surface area contributed by atoms with Crippen LogP contribution in [0.3, 0.4) is 0 Å². The van der Waals surface area contributed by atoms with Crippen molar-refractivity contribution in [3.05, 3.63) is 53.8 Å². The molecule has 1 amide bonds. The van der Waals surface area contributed by atoms with Crippen molar-refractivity contribution in [3.63, 3.8) is 0 Å². The van der Waals surface area contributed by atoms with E-state index in [0.717, 1.165) is 16.0 Å². The maximum Gasteiger partial charge on any atom is 0.260 e. The Morgan fingerprint density at radius 2 is 2.00 bits per heavy atom. The Hall–Kier alpha value is -2.51. The lowest BCUT2D eigenvalue weighted by Crippen LogP contribution is -2.36. The van der Waals surface area contributed by atoms with Crippen molar-refractivity contribution in [1.82, 2.24) is 9.88 Å². The second-order valence-corrected chi connectivity index (χ2v) is 7.11. The molecule has 7 heteroatoms. The summed E-state index contributed by atoms with van der Waals surface area (Å²) in [5.41, 5.74) is 1.10. The van der Waals surface area contributed by atoms with Crippen LogP contribution in [-0.2, 0) is 0 Å². The lowest BCUT2D eigenvalue weighted by Gasteiger charge is -2.22. The standard InChI is InChI=1S/C19H20FN3O2S/c1-22(2)9-10-23(18(24)13-5-4-6-14(20)11-13)19-21-16-8-7-15(25-3)12-17(16)26-19/h4-8,11-12H,9-10H2,1-3H3. The molecular formula is C19H20FN3O2S.